The molecule has 0 aliphatic rings. The summed E-state index contributed by atoms with van der Waals surface area (Å²) in [4.78, 5) is 0. The maximum atomic E-state index is 12.8. The number of ether oxygens (including phenoxy) is 1. The summed E-state index contributed by atoms with van der Waals surface area (Å²) in [5.41, 5.74) is 7.60. The Morgan fingerprint density at radius 3 is 2.47 bits per heavy atom. The Kier molecular flexibility index (Phi) is 3.40. The van der Waals surface area contributed by atoms with Gasteiger partial charge in [0.2, 0.25) is 0 Å². The molecule has 3 heteroatoms. The van der Waals surface area contributed by atoms with Gasteiger partial charge in [0.05, 0.1) is 0 Å². The standard InChI is InChI=1S/C14H14FNO/c1-10-2-3-11(9-16)8-14(10)17-13-6-4-12(15)5-7-13/h2-8H,9,16H2,1H3. The van der Waals surface area contributed by atoms with E-state index in [4.69, 9.17) is 10.5 Å². The van der Waals surface area contributed by atoms with Crippen molar-refractivity contribution in [1.29, 1.82) is 0 Å². The van der Waals surface area contributed by atoms with Crippen LogP contribution < -0.4 is 10.5 Å². The number of aryl methyl sites for hydroxylation is 1. The Morgan fingerprint density at radius 2 is 1.82 bits per heavy atom. The minimum Gasteiger partial charge on any atom is -0.457 e. The van der Waals surface area contributed by atoms with E-state index in [-0.39, 0.29) is 5.82 Å². The molecule has 0 aliphatic heterocycles. The van der Waals surface area contributed by atoms with Gasteiger partial charge in [-0.25, -0.2) is 4.39 Å². The minimum absolute atomic E-state index is 0.273. The van der Waals surface area contributed by atoms with Gasteiger partial charge in [-0.3, -0.25) is 0 Å². The number of nitrogens with two attached hydrogens (primary N) is 1. The highest BCUT2D eigenvalue weighted by molar-refractivity contribution is 5.40. The van der Waals surface area contributed by atoms with Crippen LogP contribution in [0.2, 0.25) is 0 Å². The summed E-state index contributed by atoms with van der Waals surface area (Å²) >= 11 is 0. The predicted octanol–water partition coefficient (Wildman–Crippen LogP) is 3.39. The van der Waals surface area contributed by atoms with E-state index in [9.17, 15) is 4.39 Å². The molecule has 17 heavy (non-hydrogen) atoms. The van der Waals surface area contributed by atoms with Gasteiger partial charge in [0.25, 0.3) is 0 Å². The summed E-state index contributed by atoms with van der Waals surface area (Å²) in [5.74, 6) is 1.09. The third-order valence-electron chi connectivity index (χ3n) is 2.53. The molecule has 2 aromatic carbocycles. The second kappa shape index (κ2) is 4.97. The summed E-state index contributed by atoms with van der Waals surface area (Å²) in [5, 5.41) is 0. The van der Waals surface area contributed by atoms with E-state index in [2.05, 4.69) is 0 Å². The summed E-state index contributed by atoms with van der Waals surface area (Å²) in [6, 6.07) is 11.8. The zero-order valence-corrected chi connectivity index (χ0v) is 9.61. The first-order valence-corrected chi connectivity index (χ1v) is 5.42. The third-order valence-corrected chi connectivity index (χ3v) is 2.53. The number of hydrogen-bond donors (Lipinski definition) is 1. The monoisotopic (exact) mass is 231 g/mol. The van der Waals surface area contributed by atoms with Crippen LogP contribution in [0.5, 0.6) is 11.5 Å². The third kappa shape index (κ3) is 2.82. The topological polar surface area (TPSA) is 35.2 Å². The lowest BCUT2D eigenvalue weighted by atomic mass is 10.1. The second-order valence-corrected chi connectivity index (χ2v) is 3.86. The molecule has 0 bridgehead atoms. The highest BCUT2D eigenvalue weighted by Gasteiger charge is 2.03. The first kappa shape index (κ1) is 11.6. The van der Waals surface area contributed by atoms with Crippen LogP contribution in [-0.4, -0.2) is 0 Å². The van der Waals surface area contributed by atoms with Crippen molar-refractivity contribution in [2.45, 2.75) is 13.5 Å². The number of hydrogen-bond acceptors (Lipinski definition) is 2. The number of rotatable bonds is 3. The van der Waals surface area contributed by atoms with E-state index < -0.39 is 0 Å². The van der Waals surface area contributed by atoms with Crippen LogP contribution >= 0.6 is 0 Å². The van der Waals surface area contributed by atoms with Gasteiger partial charge in [-0.2, -0.15) is 0 Å². The first-order valence-electron chi connectivity index (χ1n) is 5.42. The average Bonchev–Trinajstić information content (AvgIpc) is 2.35. The molecule has 2 aromatic rings. The molecule has 0 heterocycles. The zero-order valence-electron chi connectivity index (χ0n) is 9.61. The molecule has 0 unspecified atom stereocenters. The molecule has 0 saturated heterocycles. The van der Waals surface area contributed by atoms with Crippen molar-refractivity contribution in [2.24, 2.45) is 5.73 Å². The molecule has 0 aromatic heterocycles. The first-order chi connectivity index (χ1) is 8.19. The minimum atomic E-state index is -0.273. The van der Waals surface area contributed by atoms with Crippen LogP contribution in [0.15, 0.2) is 42.5 Å². The Hall–Kier alpha value is -1.87. The fourth-order valence-electron chi connectivity index (χ4n) is 1.51. The molecule has 0 radical (unpaired) electrons. The van der Waals surface area contributed by atoms with Crippen LogP contribution in [0, 0.1) is 12.7 Å². The molecule has 2 N–H and O–H groups in total. The molecule has 0 spiro atoms. The van der Waals surface area contributed by atoms with Gasteiger partial charge in [0.15, 0.2) is 0 Å². The summed E-state index contributed by atoms with van der Waals surface area (Å²) in [7, 11) is 0. The molecule has 0 fully saturated rings. The Bertz CT molecular complexity index is 508. The Morgan fingerprint density at radius 1 is 1.12 bits per heavy atom. The summed E-state index contributed by atoms with van der Waals surface area (Å²) in [6.07, 6.45) is 0. The zero-order chi connectivity index (χ0) is 12.3. The van der Waals surface area contributed by atoms with Crippen LogP contribution in [-0.2, 0) is 6.54 Å². The van der Waals surface area contributed by atoms with Gasteiger partial charge in [0, 0.05) is 6.54 Å². The van der Waals surface area contributed by atoms with E-state index >= 15 is 0 Å². The van der Waals surface area contributed by atoms with Gasteiger partial charge in [-0.15, -0.1) is 0 Å². The van der Waals surface area contributed by atoms with E-state index in [0.717, 1.165) is 16.9 Å². The molecule has 2 nitrogen and oxygen atoms in total. The van der Waals surface area contributed by atoms with Crippen molar-refractivity contribution in [3.63, 3.8) is 0 Å². The van der Waals surface area contributed by atoms with Crippen molar-refractivity contribution in [3.8, 4) is 11.5 Å². The molecule has 0 aliphatic carbocycles. The lowest BCUT2D eigenvalue weighted by Gasteiger charge is -2.10. The van der Waals surface area contributed by atoms with Crippen molar-refractivity contribution in [2.75, 3.05) is 0 Å². The second-order valence-electron chi connectivity index (χ2n) is 3.86. The van der Waals surface area contributed by atoms with E-state index in [1.165, 1.54) is 12.1 Å². The predicted molar refractivity (Wildman–Crippen MR) is 65.5 cm³/mol. The average molecular weight is 231 g/mol. The van der Waals surface area contributed by atoms with E-state index in [0.29, 0.717) is 12.3 Å². The molecule has 0 amide bonds. The maximum absolute atomic E-state index is 12.8. The summed E-state index contributed by atoms with van der Waals surface area (Å²) in [6.45, 7) is 2.43. The molecule has 0 saturated carbocycles. The summed E-state index contributed by atoms with van der Waals surface area (Å²) < 4.78 is 18.4. The molecular weight excluding hydrogens is 217 g/mol. The van der Waals surface area contributed by atoms with Crippen molar-refractivity contribution < 1.29 is 9.13 Å². The van der Waals surface area contributed by atoms with Crippen LogP contribution in [0.4, 0.5) is 4.39 Å². The quantitative estimate of drug-likeness (QED) is 0.878. The van der Waals surface area contributed by atoms with Crippen LogP contribution in [0.25, 0.3) is 0 Å². The van der Waals surface area contributed by atoms with Crippen molar-refractivity contribution >= 4 is 0 Å². The van der Waals surface area contributed by atoms with E-state index in [1.54, 1.807) is 12.1 Å². The fraction of sp³-hybridized carbons (Fsp3) is 0.143. The van der Waals surface area contributed by atoms with Crippen LogP contribution in [0.3, 0.4) is 0 Å². The van der Waals surface area contributed by atoms with Gasteiger partial charge in [-0.1, -0.05) is 12.1 Å². The lowest BCUT2D eigenvalue weighted by molar-refractivity contribution is 0.476. The fourth-order valence-corrected chi connectivity index (χ4v) is 1.51. The largest absolute Gasteiger partial charge is 0.457 e. The normalized spacial score (nSPS) is 10.3. The molecule has 2 rings (SSSR count). The van der Waals surface area contributed by atoms with E-state index in [1.807, 2.05) is 25.1 Å². The van der Waals surface area contributed by atoms with Gasteiger partial charge in [-0.05, 0) is 48.4 Å². The number of benzene rings is 2. The maximum Gasteiger partial charge on any atom is 0.130 e. The molecular formula is C14H14FNO. The Labute approximate surface area is 99.8 Å². The molecule has 88 valence electrons. The SMILES string of the molecule is Cc1ccc(CN)cc1Oc1ccc(F)cc1. The van der Waals surface area contributed by atoms with Crippen molar-refractivity contribution in [1.82, 2.24) is 0 Å². The van der Waals surface area contributed by atoms with Crippen molar-refractivity contribution in [3.05, 3.63) is 59.4 Å². The Balaban J connectivity index is 2.25. The lowest BCUT2D eigenvalue weighted by Crippen LogP contribution is -1.97. The highest BCUT2D eigenvalue weighted by Crippen LogP contribution is 2.26. The molecule has 0 atom stereocenters. The highest BCUT2D eigenvalue weighted by atomic mass is 19.1. The number of halogens is 1. The van der Waals surface area contributed by atoms with Gasteiger partial charge >= 0.3 is 0 Å². The van der Waals surface area contributed by atoms with Gasteiger partial charge in [0.1, 0.15) is 17.3 Å². The smallest absolute Gasteiger partial charge is 0.130 e. The van der Waals surface area contributed by atoms with Gasteiger partial charge < -0.3 is 10.5 Å². The van der Waals surface area contributed by atoms with Crippen LogP contribution in [0.1, 0.15) is 11.1 Å².